The first-order chi connectivity index (χ1) is 9.33. The van der Waals surface area contributed by atoms with Crippen molar-refractivity contribution in [3.8, 4) is 0 Å². The van der Waals surface area contributed by atoms with Crippen LogP contribution in [0.25, 0.3) is 23.1 Å². The molecule has 0 fully saturated rings. The van der Waals surface area contributed by atoms with Gasteiger partial charge >= 0.3 is 0 Å². The molecule has 1 aromatic heterocycles. The van der Waals surface area contributed by atoms with E-state index in [0.29, 0.717) is 5.69 Å². The minimum Gasteiger partial charge on any atom is -0.397 e. The fraction of sp³-hybridized carbons (Fsp3) is 0. The molecule has 3 heteroatoms. The Hall–Kier alpha value is -2.32. The summed E-state index contributed by atoms with van der Waals surface area (Å²) in [5, 5.41) is 1.07. The normalized spacial score (nSPS) is 10.6. The number of fused-ring (bicyclic) bond motifs is 1. The van der Waals surface area contributed by atoms with Gasteiger partial charge in [0.15, 0.2) is 0 Å². The highest BCUT2D eigenvalue weighted by molar-refractivity contribution is 5.86. The summed E-state index contributed by atoms with van der Waals surface area (Å²) in [5.74, 6) is 0. The summed E-state index contributed by atoms with van der Waals surface area (Å²) >= 11 is 0. The van der Waals surface area contributed by atoms with Crippen molar-refractivity contribution < 1.29 is 0 Å². The SMILES string of the molecule is Cl.Nc1cc2ccccc2nc1C=Cc1ccccc1. The van der Waals surface area contributed by atoms with Crippen LogP contribution in [0.1, 0.15) is 11.3 Å². The maximum Gasteiger partial charge on any atom is 0.0866 e. The van der Waals surface area contributed by atoms with Gasteiger partial charge in [0, 0.05) is 5.39 Å². The van der Waals surface area contributed by atoms with Crippen LogP contribution in [0.15, 0.2) is 60.7 Å². The van der Waals surface area contributed by atoms with Gasteiger partial charge in [0.25, 0.3) is 0 Å². The summed E-state index contributed by atoms with van der Waals surface area (Å²) in [4.78, 5) is 4.58. The molecule has 2 N–H and O–H groups in total. The molecule has 0 saturated carbocycles. The Labute approximate surface area is 124 Å². The first kappa shape index (κ1) is 14.1. The van der Waals surface area contributed by atoms with Crippen LogP contribution in [0.3, 0.4) is 0 Å². The Bertz CT molecular complexity index is 736. The number of aromatic nitrogens is 1. The van der Waals surface area contributed by atoms with Gasteiger partial charge in [-0.1, -0.05) is 54.6 Å². The lowest BCUT2D eigenvalue weighted by Gasteiger charge is -2.03. The average molecular weight is 283 g/mol. The number of rotatable bonds is 2. The van der Waals surface area contributed by atoms with Gasteiger partial charge in [0.2, 0.25) is 0 Å². The van der Waals surface area contributed by atoms with Crippen molar-refractivity contribution in [3.05, 3.63) is 71.9 Å². The molecule has 0 aliphatic rings. The minimum absolute atomic E-state index is 0. The van der Waals surface area contributed by atoms with Crippen molar-refractivity contribution in [1.82, 2.24) is 4.98 Å². The number of hydrogen-bond donors (Lipinski definition) is 1. The van der Waals surface area contributed by atoms with Crippen LogP contribution in [0, 0.1) is 0 Å². The van der Waals surface area contributed by atoms with Crippen LogP contribution in [0.5, 0.6) is 0 Å². The molecular weight excluding hydrogens is 268 g/mol. The van der Waals surface area contributed by atoms with Gasteiger partial charge in [-0.05, 0) is 23.8 Å². The number of nitrogen functional groups attached to an aromatic ring is 1. The Morgan fingerprint density at radius 1 is 0.850 bits per heavy atom. The second-order valence-electron chi connectivity index (χ2n) is 4.40. The summed E-state index contributed by atoms with van der Waals surface area (Å²) in [6.45, 7) is 0. The second kappa shape index (κ2) is 6.22. The summed E-state index contributed by atoms with van der Waals surface area (Å²) in [6.07, 6.45) is 3.98. The molecule has 3 rings (SSSR count). The molecule has 0 bridgehead atoms. The second-order valence-corrected chi connectivity index (χ2v) is 4.40. The zero-order valence-corrected chi connectivity index (χ0v) is 11.7. The largest absolute Gasteiger partial charge is 0.397 e. The van der Waals surface area contributed by atoms with E-state index in [9.17, 15) is 0 Å². The predicted octanol–water partition coefficient (Wildman–Crippen LogP) is 4.41. The molecule has 0 aliphatic heterocycles. The van der Waals surface area contributed by atoms with Crippen molar-refractivity contribution in [2.45, 2.75) is 0 Å². The number of anilines is 1. The monoisotopic (exact) mass is 282 g/mol. The predicted molar refractivity (Wildman–Crippen MR) is 88.8 cm³/mol. The molecule has 1 heterocycles. The minimum atomic E-state index is 0. The van der Waals surface area contributed by atoms with Crippen molar-refractivity contribution in [1.29, 1.82) is 0 Å². The van der Waals surface area contributed by atoms with Gasteiger partial charge < -0.3 is 5.73 Å². The third kappa shape index (κ3) is 2.98. The molecule has 0 amide bonds. The van der Waals surface area contributed by atoms with E-state index in [1.54, 1.807) is 0 Å². The van der Waals surface area contributed by atoms with E-state index in [4.69, 9.17) is 5.73 Å². The van der Waals surface area contributed by atoms with Gasteiger partial charge in [-0.15, -0.1) is 12.4 Å². The molecule has 2 aromatic carbocycles. The molecular formula is C17H15ClN2. The number of nitrogens with two attached hydrogens (primary N) is 1. The van der Waals surface area contributed by atoms with Crippen LogP contribution in [0.2, 0.25) is 0 Å². The van der Waals surface area contributed by atoms with Gasteiger partial charge in [-0.2, -0.15) is 0 Å². The molecule has 100 valence electrons. The molecule has 0 saturated heterocycles. The number of nitrogens with zero attached hydrogens (tertiary/aromatic N) is 1. The molecule has 3 aromatic rings. The quantitative estimate of drug-likeness (QED) is 0.756. The fourth-order valence-corrected chi connectivity index (χ4v) is 2.02. The van der Waals surface area contributed by atoms with E-state index < -0.39 is 0 Å². The van der Waals surface area contributed by atoms with E-state index >= 15 is 0 Å². The van der Waals surface area contributed by atoms with Crippen LogP contribution < -0.4 is 5.73 Å². The van der Waals surface area contributed by atoms with Gasteiger partial charge in [-0.3, -0.25) is 0 Å². The molecule has 2 nitrogen and oxygen atoms in total. The van der Waals surface area contributed by atoms with E-state index in [1.165, 1.54) is 0 Å². The third-order valence-corrected chi connectivity index (χ3v) is 3.02. The average Bonchev–Trinajstić information content (AvgIpc) is 2.46. The van der Waals surface area contributed by atoms with Crippen molar-refractivity contribution in [3.63, 3.8) is 0 Å². The number of halogens is 1. The number of benzene rings is 2. The Morgan fingerprint density at radius 3 is 2.35 bits per heavy atom. The first-order valence-corrected chi connectivity index (χ1v) is 6.21. The van der Waals surface area contributed by atoms with Crippen molar-refractivity contribution in [2.75, 3.05) is 5.73 Å². The Kier molecular flexibility index (Phi) is 4.38. The van der Waals surface area contributed by atoms with Crippen molar-refractivity contribution in [2.24, 2.45) is 0 Å². The molecule has 0 atom stereocenters. The molecule has 0 unspecified atom stereocenters. The summed E-state index contributed by atoms with van der Waals surface area (Å²) in [5.41, 5.74) is 9.64. The van der Waals surface area contributed by atoms with Crippen molar-refractivity contribution >= 4 is 41.1 Å². The van der Waals surface area contributed by atoms with Gasteiger partial charge in [0.05, 0.1) is 16.9 Å². The smallest absolute Gasteiger partial charge is 0.0866 e. The summed E-state index contributed by atoms with van der Waals surface area (Å²) in [7, 11) is 0. The van der Waals surface area contributed by atoms with E-state index in [-0.39, 0.29) is 12.4 Å². The lowest BCUT2D eigenvalue weighted by Crippen LogP contribution is -1.93. The zero-order chi connectivity index (χ0) is 13.1. The van der Waals surface area contributed by atoms with Crippen LogP contribution >= 0.6 is 12.4 Å². The molecule has 20 heavy (non-hydrogen) atoms. The Morgan fingerprint density at radius 2 is 1.55 bits per heavy atom. The number of para-hydroxylation sites is 1. The van der Waals surface area contributed by atoms with E-state index in [0.717, 1.165) is 22.2 Å². The lowest BCUT2D eigenvalue weighted by atomic mass is 10.1. The number of pyridine rings is 1. The van der Waals surface area contributed by atoms with E-state index in [1.807, 2.05) is 72.8 Å². The molecule has 0 radical (unpaired) electrons. The molecule has 0 spiro atoms. The highest BCUT2D eigenvalue weighted by Crippen LogP contribution is 2.20. The summed E-state index contributed by atoms with van der Waals surface area (Å²) < 4.78 is 0. The maximum atomic E-state index is 6.04. The summed E-state index contributed by atoms with van der Waals surface area (Å²) in [6, 6.07) is 20.1. The fourth-order valence-electron chi connectivity index (χ4n) is 2.02. The number of hydrogen-bond acceptors (Lipinski definition) is 2. The van der Waals surface area contributed by atoms with Gasteiger partial charge in [0.1, 0.15) is 0 Å². The Balaban J connectivity index is 0.00000147. The third-order valence-electron chi connectivity index (χ3n) is 3.02. The lowest BCUT2D eigenvalue weighted by molar-refractivity contribution is 1.37. The zero-order valence-electron chi connectivity index (χ0n) is 10.9. The molecule has 0 aliphatic carbocycles. The topological polar surface area (TPSA) is 38.9 Å². The highest BCUT2D eigenvalue weighted by atomic mass is 35.5. The maximum absolute atomic E-state index is 6.04. The standard InChI is InChI=1S/C17H14N2.ClH/c18-15-12-14-8-4-5-9-16(14)19-17(15)11-10-13-6-2-1-3-7-13;/h1-12H,18H2;1H. The highest BCUT2D eigenvalue weighted by Gasteiger charge is 2.00. The first-order valence-electron chi connectivity index (χ1n) is 6.21. The van der Waals surface area contributed by atoms with Crippen LogP contribution in [0.4, 0.5) is 5.69 Å². The van der Waals surface area contributed by atoms with E-state index in [2.05, 4.69) is 4.98 Å². The van der Waals surface area contributed by atoms with Crippen LogP contribution in [-0.4, -0.2) is 4.98 Å². The van der Waals surface area contributed by atoms with Crippen LogP contribution in [-0.2, 0) is 0 Å². The van der Waals surface area contributed by atoms with Gasteiger partial charge in [-0.25, -0.2) is 4.98 Å².